The third-order valence-electron chi connectivity index (χ3n) is 3.81. The maximum Gasteiger partial charge on any atom is 0.391 e. The van der Waals surface area contributed by atoms with Crippen molar-refractivity contribution in [3.63, 3.8) is 0 Å². The lowest BCUT2D eigenvalue weighted by Crippen LogP contribution is -2.54. The minimum atomic E-state index is -4.16. The highest BCUT2D eigenvalue weighted by molar-refractivity contribution is 5.60. The molecule has 0 aromatic carbocycles. The summed E-state index contributed by atoms with van der Waals surface area (Å²) in [6.45, 7) is 0. The fourth-order valence-corrected chi connectivity index (χ4v) is 2.69. The molecule has 0 radical (unpaired) electrons. The normalized spacial score (nSPS) is 37.0. The minimum absolute atomic E-state index is 0.00806. The van der Waals surface area contributed by atoms with Crippen molar-refractivity contribution >= 4 is 6.34 Å². The van der Waals surface area contributed by atoms with Crippen LogP contribution in [-0.2, 0) is 0 Å². The fourth-order valence-electron chi connectivity index (χ4n) is 2.69. The van der Waals surface area contributed by atoms with E-state index < -0.39 is 17.8 Å². The van der Waals surface area contributed by atoms with Gasteiger partial charge in [0.2, 0.25) is 0 Å². The number of halogens is 3. The van der Waals surface area contributed by atoms with Crippen LogP contribution in [0, 0.1) is 11.8 Å². The van der Waals surface area contributed by atoms with Gasteiger partial charge in [-0.05, 0) is 19.3 Å². The molecule has 1 fully saturated rings. The van der Waals surface area contributed by atoms with Crippen LogP contribution in [0.5, 0.6) is 0 Å². The Morgan fingerprint density at radius 2 is 2.11 bits per heavy atom. The summed E-state index contributed by atoms with van der Waals surface area (Å²) in [4.78, 5) is 4.06. The van der Waals surface area contributed by atoms with Crippen LogP contribution >= 0.6 is 0 Å². The van der Waals surface area contributed by atoms with Crippen LogP contribution in [0.4, 0.5) is 13.2 Å². The highest BCUT2D eigenvalue weighted by Crippen LogP contribution is 2.44. The Balaban J connectivity index is 2.16. The Kier molecular flexibility index (Phi) is 3.27. The number of aliphatic imine (C=N–C) groups is 1. The first-order chi connectivity index (χ1) is 8.34. The van der Waals surface area contributed by atoms with E-state index in [-0.39, 0.29) is 24.5 Å². The molecule has 0 bridgehead atoms. The largest absolute Gasteiger partial charge is 0.398 e. The van der Waals surface area contributed by atoms with Crippen molar-refractivity contribution in [1.82, 2.24) is 5.32 Å². The molecule has 0 aromatic heterocycles. The lowest BCUT2D eigenvalue weighted by molar-refractivity contribution is -0.187. The van der Waals surface area contributed by atoms with Gasteiger partial charge in [-0.2, -0.15) is 13.2 Å². The Bertz CT molecular complexity index is 377. The molecule has 2 aliphatic rings. The van der Waals surface area contributed by atoms with E-state index in [1.807, 2.05) is 0 Å². The minimum Gasteiger partial charge on any atom is -0.398 e. The average molecular weight is 262 g/mol. The van der Waals surface area contributed by atoms with Gasteiger partial charge in [-0.25, -0.2) is 4.99 Å². The summed E-state index contributed by atoms with van der Waals surface area (Å²) < 4.78 is 38.3. The van der Waals surface area contributed by atoms with E-state index >= 15 is 0 Å². The number of hydrogen-bond acceptors (Lipinski definition) is 4. The molecule has 18 heavy (non-hydrogen) atoms. The lowest BCUT2D eigenvalue weighted by atomic mass is 9.74. The topological polar surface area (TPSA) is 76.4 Å². The number of nitrogens with zero attached hydrogens (tertiary/aromatic N) is 1. The zero-order valence-electron chi connectivity index (χ0n) is 9.87. The van der Waals surface area contributed by atoms with Crippen molar-refractivity contribution in [1.29, 1.82) is 0 Å². The zero-order chi connectivity index (χ0) is 13.4. The summed E-state index contributed by atoms with van der Waals surface area (Å²) in [7, 11) is 0. The first-order valence-corrected chi connectivity index (χ1v) is 5.95. The molecule has 102 valence electrons. The fraction of sp³-hybridized carbons (Fsp3) is 0.727. The number of rotatable bonds is 1. The van der Waals surface area contributed by atoms with Gasteiger partial charge in [0.25, 0.3) is 0 Å². The number of hydrogen-bond donors (Lipinski definition) is 3. The maximum atomic E-state index is 12.8. The van der Waals surface area contributed by atoms with Gasteiger partial charge in [-0.15, -0.1) is 0 Å². The van der Waals surface area contributed by atoms with Gasteiger partial charge in [-0.1, -0.05) is 6.42 Å². The Labute approximate surface area is 103 Å². The Morgan fingerprint density at radius 1 is 1.39 bits per heavy atom. The average Bonchev–Trinajstić information content (AvgIpc) is 2.32. The van der Waals surface area contributed by atoms with Gasteiger partial charge in [0.05, 0.1) is 18.0 Å². The zero-order valence-corrected chi connectivity index (χ0v) is 9.87. The molecule has 0 spiro atoms. The van der Waals surface area contributed by atoms with Crippen molar-refractivity contribution in [2.75, 3.05) is 0 Å². The SMILES string of the molecule is NC1=CNC=NC1(N)[C@H]1CCC[C@H](C(F)(F)F)C1. The molecule has 0 amide bonds. The highest BCUT2D eigenvalue weighted by Gasteiger charge is 2.48. The van der Waals surface area contributed by atoms with E-state index in [0.29, 0.717) is 12.8 Å². The molecule has 1 heterocycles. The number of alkyl halides is 3. The summed E-state index contributed by atoms with van der Waals surface area (Å²) in [6.07, 6.45) is -0.00553. The summed E-state index contributed by atoms with van der Waals surface area (Å²) in [5.74, 6) is -1.66. The molecule has 1 saturated carbocycles. The summed E-state index contributed by atoms with van der Waals surface area (Å²) in [5, 5.41) is 2.69. The standard InChI is InChI=1S/C11H17F3N4/c12-11(13,14)8-3-1-2-7(4-8)10(16)9(15)5-17-6-18-10/h5-8H,1-4,15-16H2,(H,17,18)/t7-,8-,10?/m0/s1. The Hall–Kier alpha value is -1.24. The van der Waals surface area contributed by atoms with E-state index in [1.54, 1.807) is 0 Å². The monoisotopic (exact) mass is 262 g/mol. The smallest absolute Gasteiger partial charge is 0.391 e. The van der Waals surface area contributed by atoms with Gasteiger partial charge >= 0.3 is 6.18 Å². The van der Waals surface area contributed by atoms with Gasteiger partial charge < -0.3 is 16.8 Å². The summed E-state index contributed by atoms with van der Waals surface area (Å²) in [5.41, 5.74) is 11.0. The molecule has 1 aliphatic carbocycles. The quantitative estimate of drug-likeness (QED) is 0.669. The van der Waals surface area contributed by atoms with Gasteiger partial charge in [0.1, 0.15) is 0 Å². The molecule has 4 nitrogen and oxygen atoms in total. The lowest BCUT2D eigenvalue weighted by Gasteiger charge is -2.40. The van der Waals surface area contributed by atoms with Crippen LogP contribution in [0.1, 0.15) is 25.7 Å². The van der Waals surface area contributed by atoms with Crippen molar-refractivity contribution in [2.45, 2.75) is 37.5 Å². The second-order valence-electron chi connectivity index (χ2n) is 4.95. The molecule has 2 rings (SSSR count). The van der Waals surface area contributed by atoms with E-state index in [2.05, 4.69) is 10.3 Å². The van der Waals surface area contributed by atoms with Crippen molar-refractivity contribution in [3.05, 3.63) is 11.9 Å². The van der Waals surface area contributed by atoms with Crippen LogP contribution in [0.15, 0.2) is 16.9 Å². The molecule has 3 atom stereocenters. The van der Waals surface area contributed by atoms with Crippen LogP contribution in [0.2, 0.25) is 0 Å². The van der Waals surface area contributed by atoms with Gasteiger partial charge in [0.15, 0.2) is 5.66 Å². The number of nitrogens with two attached hydrogens (primary N) is 2. The van der Waals surface area contributed by atoms with Crippen LogP contribution < -0.4 is 16.8 Å². The predicted octanol–water partition coefficient (Wildman–Crippen LogP) is 1.44. The molecule has 0 aromatic rings. The predicted molar refractivity (Wildman–Crippen MR) is 62.3 cm³/mol. The molecular formula is C11H17F3N4. The highest BCUT2D eigenvalue weighted by atomic mass is 19.4. The van der Waals surface area contributed by atoms with E-state index in [0.717, 1.165) is 0 Å². The van der Waals surface area contributed by atoms with Crippen LogP contribution in [0.25, 0.3) is 0 Å². The number of nitrogens with one attached hydrogen (secondary N) is 1. The first kappa shape index (κ1) is 13.2. The second-order valence-corrected chi connectivity index (χ2v) is 4.95. The molecule has 1 unspecified atom stereocenters. The van der Waals surface area contributed by atoms with Gasteiger partial charge in [0, 0.05) is 12.1 Å². The maximum absolute atomic E-state index is 12.8. The summed E-state index contributed by atoms with van der Waals surface area (Å²) >= 11 is 0. The second kappa shape index (κ2) is 4.46. The van der Waals surface area contributed by atoms with E-state index in [9.17, 15) is 13.2 Å². The van der Waals surface area contributed by atoms with Gasteiger partial charge in [-0.3, -0.25) is 0 Å². The van der Waals surface area contributed by atoms with Crippen LogP contribution in [-0.4, -0.2) is 18.2 Å². The Morgan fingerprint density at radius 3 is 2.72 bits per heavy atom. The first-order valence-electron chi connectivity index (χ1n) is 5.95. The third-order valence-corrected chi connectivity index (χ3v) is 3.81. The van der Waals surface area contributed by atoms with Crippen molar-refractivity contribution in [3.8, 4) is 0 Å². The van der Waals surface area contributed by atoms with Crippen LogP contribution in [0.3, 0.4) is 0 Å². The van der Waals surface area contributed by atoms with Crippen molar-refractivity contribution < 1.29 is 13.2 Å². The molecule has 1 aliphatic heterocycles. The molecular weight excluding hydrogens is 245 g/mol. The van der Waals surface area contributed by atoms with E-state index in [4.69, 9.17) is 11.5 Å². The summed E-state index contributed by atoms with van der Waals surface area (Å²) in [6, 6.07) is 0. The van der Waals surface area contributed by atoms with E-state index in [1.165, 1.54) is 12.5 Å². The molecule has 0 saturated heterocycles. The molecule has 5 N–H and O–H groups in total. The third kappa shape index (κ3) is 2.31. The molecule has 7 heteroatoms. The van der Waals surface area contributed by atoms with Crippen molar-refractivity contribution in [2.24, 2.45) is 28.3 Å².